The second-order valence-electron chi connectivity index (χ2n) is 4.97. The Hall–Kier alpha value is -1.89. The highest BCUT2D eigenvalue weighted by molar-refractivity contribution is 5.78. The zero-order chi connectivity index (χ0) is 13.8. The van der Waals surface area contributed by atoms with Crippen molar-refractivity contribution in [2.75, 3.05) is 17.3 Å². The van der Waals surface area contributed by atoms with Crippen molar-refractivity contribution in [3.8, 4) is 0 Å². The molecule has 0 bridgehead atoms. The molecule has 7 heteroatoms. The van der Waals surface area contributed by atoms with Crippen LogP contribution in [0.25, 0.3) is 0 Å². The van der Waals surface area contributed by atoms with Crippen LogP contribution in [0.4, 0.5) is 11.6 Å². The molecule has 1 atom stereocenters. The highest BCUT2D eigenvalue weighted by atomic mass is 16.1. The summed E-state index contributed by atoms with van der Waals surface area (Å²) < 4.78 is 0. The summed E-state index contributed by atoms with van der Waals surface area (Å²) in [7, 11) is 0. The van der Waals surface area contributed by atoms with Crippen LogP contribution in [0.1, 0.15) is 38.2 Å². The van der Waals surface area contributed by atoms with Gasteiger partial charge in [0.05, 0.1) is 0 Å². The second-order valence-corrected chi connectivity index (χ2v) is 4.97. The molecule has 1 saturated heterocycles. The zero-order valence-corrected chi connectivity index (χ0v) is 11.2. The number of nitrogen functional groups attached to an aromatic ring is 1. The number of nitrogens with one attached hydrogen (secondary N) is 3. The van der Waals surface area contributed by atoms with Gasteiger partial charge in [-0.05, 0) is 12.3 Å². The molecule has 19 heavy (non-hydrogen) atoms. The van der Waals surface area contributed by atoms with E-state index in [0.717, 1.165) is 17.8 Å². The van der Waals surface area contributed by atoms with Crippen LogP contribution in [0.3, 0.4) is 0 Å². The first-order valence-corrected chi connectivity index (χ1v) is 6.46. The number of hydrogen-bond donors (Lipinski definition) is 4. The highest BCUT2D eigenvalue weighted by Gasteiger charge is 2.21. The molecule has 1 amide bonds. The van der Waals surface area contributed by atoms with Crippen LogP contribution in [0.15, 0.2) is 6.33 Å². The fourth-order valence-corrected chi connectivity index (χ4v) is 2.25. The van der Waals surface area contributed by atoms with Crippen molar-refractivity contribution in [3.63, 3.8) is 0 Å². The molecule has 0 spiro atoms. The standard InChI is InChI=1S/C12H20N6O/c1-7(2)10-11(15-6-16-12(10)18-13)14-5-8-3-4-9(19)17-8/h6-8H,3-5,13H2,1-2H3,(H,17,19)(H2,14,15,16,18). The van der Waals surface area contributed by atoms with Gasteiger partial charge < -0.3 is 16.1 Å². The maximum Gasteiger partial charge on any atom is 0.220 e. The van der Waals surface area contributed by atoms with Crippen LogP contribution >= 0.6 is 0 Å². The number of hydrazine groups is 1. The molecule has 1 fully saturated rings. The number of amides is 1. The minimum atomic E-state index is 0.114. The van der Waals surface area contributed by atoms with Crippen LogP contribution in [-0.4, -0.2) is 28.5 Å². The number of nitrogens with zero attached hydrogens (tertiary/aromatic N) is 2. The molecule has 0 aliphatic carbocycles. The number of carbonyl (C=O) groups excluding carboxylic acids is 1. The van der Waals surface area contributed by atoms with Crippen molar-refractivity contribution < 1.29 is 4.79 Å². The molecule has 0 saturated carbocycles. The van der Waals surface area contributed by atoms with Crippen molar-refractivity contribution in [3.05, 3.63) is 11.9 Å². The van der Waals surface area contributed by atoms with E-state index in [1.165, 1.54) is 6.33 Å². The highest BCUT2D eigenvalue weighted by Crippen LogP contribution is 2.27. The average Bonchev–Trinajstić information content (AvgIpc) is 2.81. The summed E-state index contributed by atoms with van der Waals surface area (Å²) >= 11 is 0. The first-order chi connectivity index (χ1) is 9.11. The average molecular weight is 264 g/mol. The lowest BCUT2D eigenvalue weighted by Crippen LogP contribution is -2.32. The first kappa shape index (κ1) is 13.5. The lowest BCUT2D eigenvalue weighted by atomic mass is 10.0. The van der Waals surface area contributed by atoms with Gasteiger partial charge in [-0.25, -0.2) is 15.8 Å². The third kappa shape index (κ3) is 3.11. The van der Waals surface area contributed by atoms with Gasteiger partial charge in [-0.15, -0.1) is 0 Å². The Morgan fingerprint density at radius 1 is 1.47 bits per heavy atom. The third-order valence-corrected chi connectivity index (χ3v) is 3.20. The predicted molar refractivity (Wildman–Crippen MR) is 73.6 cm³/mol. The van der Waals surface area contributed by atoms with Crippen molar-refractivity contribution in [2.24, 2.45) is 5.84 Å². The second kappa shape index (κ2) is 5.83. The van der Waals surface area contributed by atoms with E-state index < -0.39 is 0 Å². The quantitative estimate of drug-likeness (QED) is 0.458. The molecule has 1 aromatic rings. The largest absolute Gasteiger partial charge is 0.368 e. The minimum Gasteiger partial charge on any atom is -0.368 e. The van der Waals surface area contributed by atoms with Gasteiger partial charge in [-0.3, -0.25) is 4.79 Å². The third-order valence-electron chi connectivity index (χ3n) is 3.20. The van der Waals surface area contributed by atoms with E-state index >= 15 is 0 Å². The Labute approximate surface area is 112 Å². The summed E-state index contributed by atoms with van der Waals surface area (Å²) in [6.07, 6.45) is 2.93. The lowest BCUT2D eigenvalue weighted by molar-refractivity contribution is -0.119. The molecule has 1 aliphatic heterocycles. The summed E-state index contributed by atoms with van der Waals surface area (Å²) in [4.78, 5) is 19.5. The maximum absolute atomic E-state index is 11.1. The molecule has 1 aromatic heterocycles. The lowest BCUT2D eigenvalue weighted by Gasteiger charge is -2.18. The van der Waals surface area contributed by atoms with Gasteiger partial charge in [0.25, 0.3) is 0 Å². The molecule has 5 N–H and O–H groups in total. The zero-order valence-electron chi connectivity index (χ0n) is 11.2. The Balaban J connectivity index is 2.09. The van der Waals surface area contributed by atoms with Gasteiger partial charge in [0.2, 0.25) is 5.91 Å². The number of anilines is 2. The maximum atomic E-state index is 11.1. The molecule has 1 aliphatic rings. The molecular weight excluding hydrogens is 244 g/mol. The topological polar surface area (TPSA) is 105 Å². The smallest absolute Gasteiger partial charge is 0.220 e. The number of carbonyl (C=O) groups is 1. The Bertz CT molecular complexity index is 462. The summed E-state index contributed by atoms with van der Waals surface area (Å²) in [6.45, 7) is 4.77. The van der Waals surface area contributed by atoms with Crippen LogP contribution in [-0.2, 0) is 4.79 Å². The van der Waals surface area contributed by atoms with E-state index in [2.05, 4.69) is 39.9 Å². The summed E-state index contributed by atoms with van der Waals surface area (Å²) in [5.74, 6) is 7.22. The van der Waals surface area contributed by atoms with Crippen molar-refractivity contribution in [1.29, 1.82) is 0 Å². The van der Waals surface area contributed by atoms with Gasteiger partial charge in [0.1, 0.15) is 18.0 Å². The molecular formula is C12H20N6O. The van der Waals surface area contributed by atoms with E-state index in [1.54, 1.807) is 0 Å². The first-order valence-electron chi connectivity index (χ1n) is 6.46. The summed E-state index contributed by atoms with van der Waals surface area (Å²) in [5, 5.41) is 6.19. The van der Waals surface area contributed by atoms with Crippen molar-refractivity contribution >= 4 is 17.5 Å². The monoisotopic (exact) mass is 264 g/mol. The van der Waals surface area contributed by atoms with Gasteiger partial charge in [0, 0.05) is 24.6 Å². The van der Waals surface area contributed by atoms with Crippen molar-refractivity contribution in [1.82, 2.24) is 15.3 Å². The van der Waals surface area contributed by atoms with Gasteiger partial charge >= 0.3 is 0 Å². The number of aromatic nitrogens is 2. The number of nitrogens with two attached hydrogens (primary N) is 1. The van der Waals surface area contributed by atoms with E-state index in [-0.39, 0.29) is 17.9 Å². The Morgan fingerprint density at radius 2 is 2.21 bits per heavy atom. The number of rotatable bonds is 5. The van der Waals surface area contributed by atoms with Crippen LogP contribution in [0.5, 0.6) is 0 Å². The molecule has 0 aromatic carbocycles. The minimum absolute atomic E-state index is 0.114. The molecule has 0 radical (unpaired) electrons. The predicted octanol–water partition coefficient (Wildman–Crippen LogP) is 0.576. The van der Waals surface area contributed by atoms with E-state index in [9.17, 15) is 4.79 Å². The fourth-order valence-electron chi connectivity index (χ4n) is 2.25. The van der Waals surface area contributed by atoms with E-state index in [1.807, 2.05) is 0 Å². The van der Waals surface area contributed by atoms with E-state index in [4.69, 9.17) is 5.84 Å². The van der Waals surface area contributed by atoms with E-state index in [0.29, 0.717) is 18.8 Å². The summed E-state index contributed by atoms with van der Waals surface area (Å²) in [6, 6.07) is 0.164. The molecule has 7 nitrogen and oxygen atoms in total. The fraction of sp³-hybridized carbons (Fsp3) is 0.583. The molecule has 2 heterocycles. The number of hydrogen-bond acceptors (Lipinski definition) is 6. The van der Waals surface area contributed by atoms with Gasteiger partial charge in [-0.2, -0.15) is 0 Å². The van der Waals surface area contributed by atoms with Crippen LogP contribution in [0.2, 0.25) is 0 Å². The van der Waals surface area contributed by atoms with Crippen LogP contribution in [0, 0.1) is 0 Å². The van der Waals surface area contributed by atoms with Gasteiger partial charge in [-0.1, -0.05) is 13.8 Å². The molecule has 1 unspecified atom stereocenters. The van der Waals surface area contributed by atoms with Crippen molar-refractivity contribution in [2.45, 2.75) is 38.6 Å². The normalized spacial score (nSPS) is 18.5. The summed E-state index contributed by atoms with van der Waals surface area (Å²) in [5.41, 5.74) is 3.54. The molecule has 2 rings (SSSR count). The Morgan fingerprint density at radius 3 is 2.79 bits per heavy atom. The van der Waals surface area contributed by atoms with Crippen LogP contribution < -0.4 is 21.9 Å². The van der Waals surface area contributed by atoms with Gasteiger partial charge in [0.15, 0.2) is 0 Å². The SMILES string of the molecule is CC(C)c1c(NN)ncnc1NCC1CCC(=O)N1. The molecule has 104 valence electrons. The Kier molecular flexibility index (Phi) is 4.16.